The van der Waals surface area contributed by atoms with Crippen molar-refractivity contribution in [3.05, 3.63) is 0 Å². The first kappa shape index (κ1) is 12.4. The molecule has 3 atom stereocenters. The third-order valence-electron chi connectivity index (χ3n) is 5.47. The van der Waals surface area contributed by atoms with E-state index < -0.39 is 0 Å². The van der Waals surface area contributed by atoms with Gasteiger partial charge in [0.2, 0.25) is 0 Å². The largest absolute Gasteiger partial charge is 0.316 e. The van der Waals surface area contributed by atoms with Crippen molar-refractivity contribution in [2.45, 2.75) is 53.9 Å². The SMILES string of the molecule is CC(C)CNCC1C2(C)CCC(C2)C1(C)C. The first-order chi connectivity index (χ1) is 7.36. The monoisotopic (exact) mass is 223 g/mol. The first-order valence-electron chi connectivity index (χ1n) is 7.07. The highest BCUT2D eigenvalue weighted by molar-refractivity contribution is 5.08. The molecule has 1 N–H and O–H groups in total. The highest BCUT2D eigenvalue weighted by Gasteiger charge is 2.58. The van der Waals surface area contributed by atoms with E-state index >= 15 is 0 Å². The molecule has 1 nitrogen and oxygen atoms in total. The zero-order valence-corrected chi connectivity index (χ0v) is 11.8. The molecule has 0 radical (unpaired) electrons. The Kier molecular flexibility index (Phi) is 3.11. The molecule has 2 aliphatic carbocycles. The van der Waals surface area contributed by atoms with Crippen molar-refractivity contribution in [2.75, 3.05) is 13.1 Å². The zero-order valence-electron chi connectivity index (χ0n) is 11.8. The molecule has 16 heavy (non-hydrogen) atoms. The molecular formula is C15H29N. The second-order valence-corrected chi connectivity index (χ2v) is 7.52. The van der Waals surface area contributed by atoms with Crippen LogP contribution in [0.1, 0.15) is 53.9 Å². The second-order valence-electron chi connectivity index (χ2n) is 7.52. The average molecular weight is 223 g/mol. The van der Waals surface area contributed by atoms with E-state index in [2.05, 4.69) is 39.9 Å². The van der Waals surface area contributed by atoms with Gasteiger partial charge in [0, 0.05) is 0 Å². The molecule has 0 aromatic carbocycles. The van der Waals surface area contributed by atoms with Crippen LogP contribution in [0.15, 0.2) is 0 Å². The van der Waals surface area contributed by atoms with E-state index in [1.165, 1.54) is 32.4 Å². The van der Waals surface area contributed by atoms with Gasteiger partial charge < -0.3 is 5.32 Å². The Bertz CT molecular complexity index is 251. The molecule has 0 aromatic heterocycles. The van der Waals surface area contributed by atoms with Crippen LogP contribution in [0.3, 0.4) is 0 Å². The maximum absolute atomic E-state index is 3.69. The van der Waals surface area contributed by atoms with Gasteiger partial charge in [0.1, 0.15) is 0 Å². The van der Waals surface area contributed by atoms with Crippen LogP contribution in [0.2, 0.25) is 0 Å². The molecule has 0 aromatic rings. The van der Waals surface area contributed by atoms with E-state index in [-0.39, 0.29) is 0 Å². The summed E-state index contributed by atoms with van der Waals surface area (Å²) in [5.74, 6) is 2.65. The highest BCUT2D eigenvalue weighted by atomic mass is 14.9. The van der Waals surface area contributed by atoms with Crippen LogP contribution in [0.25, 0.3) is 0 Å². The molecule has 0 amide bonds. The van der Waals surface area contributed by atoms with Crippen molar-refractivity contribution in [1.29, 1.82) is 0 Å². The first-order valence-corrected chi connectivity index (χ1v) is 7.07. The van der Waals surface area contributed by atoms with E-state index in [1.54, 1.807) is 0 Å². The predicted molar refractivity (Wildman–Crippen MR) is 70.4 cm³/mol. The number of nitrogens with one attached hydrogen (secondary N) is 1. The molecular weight excluding hydrogens is 194 g/mol. The number of rotatable bonds is 4. The summed E-state index contributed by atoms with van der Waals surface area (Å²) >= 11 is 0. The Hall–Kier alpha value is -0.0400. The lowest BCUT2D eigenvalue weighted by Gasteiger charge is -2.43. The van der Waals surface area contributed by atoms with Gasteiger partial charge in [0.15, 0.2) is 0 Å². The summed E-state index contributed by atoms with van der Waals surface area (Å²) in [6, 6.07) is 0. The van der Waals surface area contributed by atoms with E-state index in [0.717, 1.165) is 17.8 Å². The van der Waals surface area contributed by atoms with Crippen LogP contribution in [-0.2, 0) is 0 Å². The van der Waals surface area contributed by atoms with Crippen molar-refractivity contribution in [3.63, 3.8) is 0 Å². The minimum absolute atomic E-state index is 0.566. The highest BCUT2D eigenvalue weighted by Crippen LogP contribution is 2.65. The number of hydrogen-bond acceptors (Lipinski definition) is 1. The van der Waals surface area contributed by atoms with Gasteiger partial charge in [0.05, 0.1) is 0 Å². The lowest BCUT2D eigenvalue weighted by molar-refractivity contribution is 0.0736. The molecule has 1 heteroatoms. The Balaban J connectivity index is 1.97. The summed E-state index contributed by atoms with van der Waals surface area (Å²) in [7, 11) is 0. The van der Waals surface area contributed by atoms with Gasteiger partial charge in [-0.05, 0) is 60.9 Å². The zero-order chi connectivity index (χ0) is 12.0. The van der Waals surface area contributed by atoms with Gasteiger partial charge in [-0.2, -0.15) is 0 Å². The summed E-state index contributed by atoms with van der Waals surface area (Å²) in [4.78, 5) is 0. The number of hydrogen-bond donors (Lipinski definition) is 1. The lowest BCUT2D eigenvalue weighted by Crippen LogP contribution is -2.42. The maximum Gasteiger partial charge on any atom is -0.000998 e. The normalized spacial score (nSPS) is 40.9. The summed E-state index contributed by atoms with van der Waals surface area (Å²) < 4.78 is 0. The Morgan fingerprint density at radius 1 is 1.25 bits per heavy atom. The fourth-order valence-electron chi connectivity index (χ4n) is 4.43. The Morgan fingerprint density at radius 3 is 2.44 bits per heavy atom. The van der Waals surface area contributed by atoms with Gasteiger partial charge in [-0.15, -0.1) is 0 Å². The molecule has 0 aliphatic heterocycles. The molecule has 94 valence electrons. The minimum Gasteiger partial charge on any atom is -0.316 e. The van der Waals surface area contributed by atoms with Gasteiger partial charge in [0.25, 0.3) is 0 Å². The number of fused-ring (bicyclic) bond motifs is 2. The molecule has 2 aliphatic rings. The van der Waals surface area contributed by atoms with E-state index in [1.807, 2.05) is 0 Å². The Morgan fingerprint density at radius 2 is 1.94 bits per heavy atom. The van der Waals surface area contributed by atoms with Gasteiger partial charge in [-0.25, -0.2) is 0 Å². The van der Waals surface area contributed by atoms with E-state index in [9.17, 15) is 0 Å². The molecule has 2 bridgehead atoms. The fourth-order valence-corrected chi connectivity index (χ4v) is 4.43. The van der Waals surface area contributed by atoms with Crippen LogP contribution in [0.5, 0.6) is 0 Å². The summed E-state index contributed by atoms with van der Waals surface area (Å²) in [5, 5.41) is 3.69. The van der Waals surface area contributed by atoms with Crippen LogP contribution in [0, 0.1) is 28.6 Å². The average Bonchev–Trinajstić information content (AvgIpc) is 2.62. The van der Waals surface area contributed by atoms with Crippen molar-refractivity contribution in [2.24, 2.45) is 28.6 Å². The summed E-state index contributed by atoms with van der Waals surface area (Å²) in [6.07, 6.45) is 4.42. The molecule has 3 unspecified atom stereocenters. The summed E-state index contributed by atoms with van der Waals surface area (Å²) in [6.45, 7) is 14.5. The quantitative estimate of drug-likeness (QED) is 0.766. The third kappa shape index (κ3) is 1.92. The molecule has 2 fully saturated rings. The van der Waals surface area contributed by atoms with Gasteiger partial charge in [-0.3, -0.25) is 0 Å². The van der Waals surface area contributed by atoms with Crippen LogP contribution in [-0.4, -0.2) is 13.1 Å². The lowest BCUT2D eigenvalue weighted by atomic mass is 9.64. The van der Waals surface area contributed by atoms with Crippen molar-refractivity contribution in [1.82, 2.24) is 5.32 Å². The van der Waals surface area contributed by atoms with Crippen molar-refractivity contribution >= 4 is 0 Å². The summed E-state index contributed by atoms with van der Waals surface area (Å²) in [5.41, 5.74) is 1.20. The van der Waals surface area contributed by atoms with E-state index in [0.29, 0.717) is 10.8 Å². The van der Waals surface area contributed by atoms with Crippen molar-refractivity contribution in [3.8, 4) is 0 Å². The molecule has 2 saturated carbocycles. The van der Waals surface area contributed by atoms with Gasteiger partial charge in [-0.1, -0.05) is 34.6 Å². The topological polar surface area (TPSA) is 12.0 Å². The van der Waals surface area contributed by atoms with Crippen LogP contribution in [0.4, 0.5) is 0 Å². The second kappa shape index (κ2) is 4.01. The fraction of sp³-hybridized carbons (Fsp3) is 1.00. The minimum atomic E-state index is 0.566. The third-order valence-corrected chi connectivity index (χ3v) is 5.47. The molecule has 2 rings (SSSR count). The molecule has 0 saturated heterocycles. The molecule has 0 spiro atoms. The smallest absolute Gasteiger partial charge is 0.000998 e. The molecule has 0 heterocycles. The van der Waals surface area contributed by atoms with Crippen LogP contribution >= 0.6 is 0 Å². The van der Waals surface area contributed by atoms with E-state index in [4.69, 9.17) is 0 Å². The van der Waals surface area contributed by atoms with Crippen molar-refractivity contribution < 1.29 is 0 Å². The Labute approximate surface area is 101 Å². The van der Waals surface area contributed by atoms with Crippen LogP contribution < -0.4 is 5.32 Å². The predicted octanol–water partition coefficient (Wildman–Crippen LogP) is 3.69. The standard InChI is InChI=1S/C15H29N/c1-11(2)9-16-10-13-14(3,4)12-6-7-15(13,5)8-12/h11-13,16H,6-10H2,1-5H3. The maximum atomic E-state index is 3.69. The van der Waals surface area contributed by atoms with Gasteiger partial charge >= 0.3 is 0 Å².